The zero-order valence-electron chi connectivity index (χ0n) is 14.6. The molecule has 0 N–H and O–H groups in total. The van der Waals surface area contributed by atoms with Crippen molar-refractivity contribution in [1.82, 2.24) is 25.1 Å². The highest BCUT2D eigenvalue weighted by Gasteiger charge is 2.13. The summed E-state index contributed by atoms with van der Waals surface area (Å²) in [7, 11) is 3.36. The van der Waals surface area contributed by atoms with Gasteiger partial charge >= 0.3 is 0 Å². The first-order valence-corrected chi connectivity index (χ1v) is 8.03. The van der Waals surface area contributed by atoms with Gasteiger partial charge in [-0.3, -0.25) is 4.79 Å². The number of ether oxygens (including phenoxy) is 2. The van der Waals surface area contributed by atoms with E-state index in [-0.39, 0.29) is 5.91 Å². The van der Waals surface area contributed by atoms with Crippen molar-refractivity contribution in [1.29, 1.82) is 0 Å². The molecule has 0 saturated heterocycles. The predicted octanol–water partition coefficient (Wildman–Crippen LogP) is 1.82. The number of carbonyl (C=O) groups is 1. The summed E-state index contributed by atoms with van der Waals surface area (Å²) in [6, 6.07) is 14.5. The maximum absolute atomic E-state index is 12.6. The molecule has 1 amide bonds. The van der Waals surface area contributed by atoms with Crippen LogP contribution in [0.3, 0.4) is 0 Å². The number of nitrogens with zero attached hydrogens (tertiary/aromatic N) is 5. The molecule has 8 heteroatoms. The molecule has 0 radical (unpaired) electrons. The molecule has 8 nitrogen and oxygen atoms in total. The second kappa shape index (κ2) is 8.11. The van der Waals surface area contributed by atoms with E-state index in [1.54, 1.807) is 37.3 Å². The van der Waals surface area contributed by atoms with Gasteiger partial charge in [0.05, 0.1) is 19.3 Å². The molecular weight excluding hydrogens is 334 g/mol. The van der Waals surface area contributed by atoms with Gasteiger partial charge < -0.3 is 14.4 Å². The van der Waals surface area contributed by atoms with Crippen molar-refractivity contribution in [3.8, 4) is 17.2 Å². The Labute approximate surface area is 151 Å². The van der Waals surface area contributed by atoms with Crippen LogP contribution in [-0.4, -0.2) is 58.3 Å². The number of amides is 1. The highest BCUT2D eigenvalue weighted by molar-refractivity contribution is 5.94. The van der Waals surface area contributed by atoms with Crippen LogP contribution < -0.4 is 9.47 Å². The molecule has 0 saturated carbocycles. The largest absolute Gasteiger partial charge is 0.497 e. The quantitative estimate of drug-likeness (QED) is 0.644. The molecule has 1 aromatic heterocycles. The monoisotopic (exact) mass is 353 g/mol. The minimum atomic E-state index is -0.0988. The van der Waals surface area contributed by atoms with E-state index in [1.807, 2.05) is 30.3 Å². The van der Waals surface area contributed by atoms with Gasteiger partial charge in [0, 0.05) is 12.6 Å². The van der Waals surface area contributed by atoms with E-state index in [9.17, 15) is 4.79 Å². The predicted molar refractivity (Wildman–Crippen MR) is 94.6 cm³/mol. The third-order valence-electron chi connectivity index (χ3n) is 3.81. The Morgan fingerprint density at radius 1 is 1.15 bits per heavy atom. The molecule has 0 aliphatic carbocycles. The third kappa shape index (κ3) is 4.15. The lowest BCUT2D eigenvalue weighted by Crippen LogP contribution is -2.30. The number of methoxy groups -OCH3 is 1. The summed E-state index contributed by atoms with van der Waals surface area (Å²) in [4.78, 5) is 14.2. The Balaban J connectivity index is 1.56. The van der Waals surface area contributed by atoms with Gasteiger partial charge in [0.25, 0.3) is 5.91 Å². The molecule has 0 aliphatic heterocycles. The van der Waals surface area contributed by atoms with Crippen LogP contribution in [0.1, 0.15) is 10.4 Å². The van der Waals surface area contributed by atoms with Crippen LogP contribution in [0, 0.1) is 0 Å². The number of benzene rings is 2. The second-order valence-electron chi connectivity index (χ2n) is 5.56. The fraction of sp³-hybridized carbons (Fsp3) is 0.222. The molecule has 0 aliphatic rings. The van der Waals surface area contributed by atoms with E-state index < -0.39 is 0 Å². The lowest BCUT2D eigenvalue weighted by atomic mass is 10.2. The van der Waals surface area contributed by atoms with Crippen molar-refractivity contribution in [2.24, 2.45) is 0 Å². The van der Waals surface area contributed by atoms with E-state index >= 15 is 0 Å². The van der Waals surface area contributed by atoms with Crippen LogP contribution >= 0.6 is 0 Å². The number of carbonyl (C=O) groups excluding carboxylic acids is 1. The van der Waals surface area contributed by atoms with Gasteiger partial charge in [0.1, 0.15) is 24.4 Å². The van der Waals surface area contributed by atoms with Crippen LogP contribution in [0.4, 0.5) is 0 Å². The number of likely N-dealkylation sites (N-methyl/N-ethyl adjacent to an activating group) is 1. The second-order valence-corrected chi connectivity index (χ2v) is 5.56. The van der Waals surface area contributed by atoms with Gasteiger partial charge in [-0.05, 0) is 52.9 Å². The van der Waals surface area contributed by atoms with E-state index in [0.29, 0.717) is 18.7 Å². The maximum atomic E-state index is 12.6. The van der Waals surface area contributed by atoms with Crippen LogP contribution in [0.25, 0.3) is 5.69 Å². The fourth-order valence-electron chi connectivity index (χ4n) is 2.36. The summed E-state index contributed by atoms with van der Waals surface area (Å²) in [5, 5.41) is 11.0. The number of hydrogen-bond acceptors (Lipinski definition) is 6. The number of rotatable bonds is 7. The lowest BCUT2D eigenvalue weighted by Gasteiger charge is -2.18. The summed E-state index contributed by atoms with van der Waals surface area (Å²) >= 11 is 0. The Morgan fingerprint density at radius 2 is 1.92 bits per heavy atom. The molecule has 0 spiro atoms. The van der Waals surface area contributed by atoms with Crippen molar-refractivity contribution in [3.05, 3.63) is 60.4 Å². The van der Waals surface area contributed by atoms with Gasteiger partial charge in [0.15, 0.2) is 0 Å². The molecule has 3 rings (SSSR count). The first-order valence-electron chi connectivity index (χ1n) is 8.03. The van der Waals surface area contributed by atoms with E-state index in [2.05, 4.69) is 15.5 Å². The zero-order valence-corrected chi connectivity index (χ0v) is 14.6. The summed E-state index contributed by atoms with van der Waals surface area (Å²) in [5.41, 5.74) is 1.29. The molecule has 0 atom stereocenters. The van der Waals surface area contributed by atoms with Crippen LogP contribution in [-0.2, 0) is 0 Å². The molecule has 134 valence electrons. The summed E-state index contributed by atoms with van der Waals surface area (Å²) in [6.45, 7) is 0.848. The summed E-state index contributed by atoms with van der Waals surface area (Å²) in [5.74, 6) is 1.40. The fourth-order valence-corrected chi connectivity index (χ4v) is 2.36. The number of hydrogen-bond donors (Lipinski definition) is 0. The molecule has 0 bridgehead atoms. The van der Waals surface area contributed by atoms with Crippen molar-refractivity contribution in [2.45, 2.75) is 0 Å². The maximum Gasteiger partial charge on any atom is 0.253 e. The van der Waals surface area contributed by atoms with Crippen molar-refractivity contribution in [2.75, 3.05) is 27.3 Å². The highest BCUT2D eigenvalue weighted by Crippen LogP contribution is 2.17. The Bertz CT molecular complexity index is 850. The first-order chi connectivity index (χ1) is 12.7. The van der Waals surface area contributed by atoms with Gasteiger partial charge in [-0.2, -0.15) is 0 Å². The minimum Gasteiger partial charge on any atom is -0.497 e. The smallest absolute Gasteiger partial charge is 0.253 e. The molecule has 1 heterocycles. The molecule has 0 unspecified atom stereocenters. The summed E-state index contributed by atoms with van der Waals surface area (Å²) < 4.78 is 12.3. The van der Waals surface area contributed by atoms with E-state index in [4.69, 9.17) is 9.47 Å². The van der Waals surface area contributed by atoms with E-state index in [0.717, 1.165) is 17.2 Å². The van der Waals surface area contributed by atoms with Gasteiger partial charge in [-0.1, -0.05) is 6.07 Å². The van der Waals surface area contributed by atoms with Crippen molar-refractivity contribution < 1.29 is 14.3 Å². The topological polar surface area (TPSA) is 82.4 Å². The average molecular weight is 353 g/mol. The van der Waals surface area contributed by atoms with Crippen molar-refractivity contribution in [3.63, 3.8) is 0 Å². The zero-order chi connectivity index (χ0) is 18.4. The Kier molecular flexibility index (Phi) is 5.43. The van der Waals surface area contributed by atoms with Gasteiger partial charge in [-0.25, -0.2) is 4.68 Å². The van der Waals surface area contributed by atoms with Crippen molar-refractivity contribution >= 4 is 5.91 Å². The van der Waals surface area contributed by atoms with Crippen LogP contribution in [0.5, 0.6) is 11.5 Å². The first kappa shape index (κ1) is 17.4. The summed E-state index contributed by atoms with van der Waals surface area (Å²) in [6.07, 6.45) is 1.48. The van der Waals surface area contributed by atoms with Gasteiger partial charge in [0.2, 0.25) is 0 Å². The Morgan fingerprint density at radius 3 is 2.62 bits per heavy atom. The molecule has 26 heavy (non-hydrogen) atoms. The minimum absolute atomic E-state index is 0.0988. The standard InChI is InChI=1S/C18H19N5O3/c1-22(10-11-26-17-8-6-16(25-2)7-9-17)18(24)14-4-3-5-15(12-14)23-13-19-20-21-23/h3-9,12-13H,10-11H2,1-2H3. The molecule has 3 aromatic rings. The van der Waals surface area contributed by atoms with Gasteiger partial charge in [-0.15, -0.1) is 5.10 Å². The molecule has 2 aromatic carbocycles. The Hall–Kier alpha value is -3.42. The normalized spacial score (nSPS) is 10.4. The van der Waals surface area contributed by atoms with E-state index in [1.165, 1.54) is 11.0 Å². The SMILES string of the molecule is COc1ccc(OCCN(C)C(=O)c2cccc(-n3cnnn3)c2)cc1. The molecular formula is C18H19N5O3. The highest BCUT2D eigenvalue weighted by atomic mass is 16.5. The van der Waals surface area contributed by atoms with Crippen LogP contribution in [0.2, 0.25) is 0 Å². The average Bonchev–Trinajstić information content (AvgIpc) is 3.23. The van der Waals surface area contributed by atoms with Crippen LogP contribution in [0.15, 0.2) is 54.9 Å². The third-order valence-corrected chi connectivity index (χ3v) is 3.81. The number of tetrazole rings is 1. The lowest BCUT2D eigenvalue weighted by molar-refractivity contribution is 0.0773. The number of aromatic nitrogens is 4. The molecule has 0 fully saturated rings.